The first-order valence-corrected chi connectivity index (χ1v) is 9.11. The third-order valence-electron chi connectivity index (χ3n) is 2.85. The second-order valence-corrected chi connectivity index (χ2v) is 7.81. The molecule has 0 spiro atoms. The molecule has 0 atom stereocenters. The standard InChI is InChI=1S/C13H15BrN2O2S2/c1-9-8-19-12(6-15)13(9)20(17,18)16-7-10-4-2-3-5-11(10)14/h2-5,8,16H,6-7,15H2,1H3. The van der Waals surface area contributed by atoms with Gasteiger partial charge in [0.05, 0.1) is 0 Å². The summed E-state index contributed by atoms with van der Waals surface area (Å²) in [6.45, 7) is 2.25. The third-order valence-corrected chi connectivity index (χ3v) is 6.51. The van der Waals surface area contributed by atoms with Crippen molar-refractivity contribution >= 4 is 37.3 Å². The lowest BCUT2D eigenvalue weighted by atomic mass is 10.2. The predicted molar refractivity (Wildman–Crippen MR) is 85.1 cm³/mol. The summed E-state index contributed by atoms with van der Waals surface area (Å²) in [6, 6.07) is 7.51. The minimum Gasteiger partial charge on any atom is -0.326 e. The number of hydrogen-bond donors (Lipinski definition) is 2. The fraction of sp³-hybridized carbons (Fsp3) is 0.231. The molecule has 108 valence electrons. The van der Waals surface area contributed by atoms with Gasteiger partial charge in [0.15, 0.2) is 0 Å². The van der Waals surface area contributed by atoms with Crippen LogP contribution in [-0.2, 0) is 23.1 Å². The van der Waals surface area contributed by atoms with Crippen molar-refractivity contribution in [1.29, 1.82) is 0 Å². The summed E-state index contributed by atoms with van der Waals surface area (Å²) >= 11 is 4.78. The highest BCUT2D eigenvalue weighted by Gasteiger charge is 2.22. The molecule has 20 heavy (non-hydrogen) atoms. The highest BCUT2D eigenvalue weighted by molar-refractivity contribution is 9.10. The van der Waals surface area contributed by atoms with Crippen LogP contribution < -0.4 is 10.5 Å². The SMILES string of the molecule is Cc1csc(CN)c1S(=O)(=O)NCc1ccccc1Br. The van der Waals surface area contributed by atoms with E-state index in [0.717, 1.165) is 15.6 Å². The molecule has 0 saturated heterocycles. The number of sulfonamides is 1. The molecule has 0 aliphatic rings. The maximum Gasteiger partial charge on any atom is 0.242 e. The number of benzene rings is 1. The van der Waals surface area contributed by atoms with Crippen LogP contribution in [0.25, 0.3) is 0 Å². The molecule has 1 aromatic carbocycles. The van der Waals surface area contributed by atoms with E-state index in [-0.39, 0.29) is 13.1 Å². The van der Waals surface area contributed by atoms with Gasteiger partial charge in [-0.15, -0.1) is 11.3 Å². The Morgan fingerprint density at radius 2 is 2.05 bits per heavy atom. The second kappa shape index (κ2) is 6.36. The quantitative estimate of drug-likeness (QED) is 0.844. The fourth-order valence-corrected chi connectivity index (χ4v) is 5.01. The van der Waals surface area contributed by atoms with Crippen molar-refractivity contribution in [1.82, 2.24) is 4.72 Å². The average Bonchev–Trinajstić information content (AvgIpc) is 2.80. The van der Waals surface area contributed by atoms with Crippen LogP contribution in [-0.4, -0.2) is 8.42 Å². The van der Waals surface area contributed by atoms with Gasteiger partial charge in [0.1, 0.15) is 4.90 Å². The molecule has 0 bridgehead atoms. The number of nitrogens with one attached hydrogen (secondary N) is 1. The molecule has 0 saturated carbocycles. The topological polar surface area (TPSA) is 72.2 Å². The number of rotatable bonds is 5. The Labute approximate surface area is 131 Å². The molecule has 0 aliphatic carbocycles. The zero-order valence-corrected chi connectivity index (χ0v) is 14.1. The van der Waals surface area contributed by atoms with E-state index in [2.05, 4.69) is 20.7 Å². The molecule has 0 aliphatic heterocycles. The Bertz CT molecular complexity index is 711. The van der Waals surface area contributed by atoms with Gasteiger partial charge in [-0.25, -0.2) is 13.1 Å². The Hall–Kier alpha value is -0.730. The Morgan fingerprint density at radius 3 is 2.70 bits per heavy atom. The van der Waals surface area contributed by atoms with Gasteiger partial charge < -0.3 is 5.73 Å². The molecular weight excluding hydrogens is 360 g/mol. The number of hydrogen-bond acceptors (Lipinski definition) is 4. The van der Waals surface area contributed by atoms with Crippen molar-refractivity contribution in [3.8, 4) is 0 Å². The third kappa shape index (κ3) is 3.29. The van der Waals surface area contributed by atoms with Gasteiger partial charge in [0, 0.05) is 22.4 Å². The molecule has 7 heteroatoms. The van der Waals surface area contributed by atoms with Crippen LogP contribution in [0.2, 0.25) is 0 Å². The molecule has 3 N–H and O–H groups in total. The van der Waals surface area contributed by atoms with Crippen LogP contribution in [0.5, 0.6) is 0 Å². The number of halogens is 1. The van der Waals surface area contributed by atoms with Crippen molar-refractivity contribution in [2.45, 2.75) is 24.9 Å². The summed E-state index contributed by atoms with van der Waals surface area (Å²) in [5.41, 5.74) is 7.22. The van der Waals surface area contributed by atoms with Crippen molar-refractivity contribution < 1.29 is 8.42 Å². The Kier molecular flexibility index (Phi) is 4.98. The summed E-state index contributed by atoms with van der Waals surface area (Å²) in [5, 5.41) is 1.81. The first-order valence-electron chi connectivity index (χ1n) is 5.96. The van der Waals surface area contributed by atoms with Crippen LogP contribution in [0.4, 0.5) is 0 Å². The van der Waals surface area contributed by atoms with E-state index in [9.17, 15) is 8.42 Å². The van der Waals surface area contributed by atoms with Gasteiger partial charge in [0.2, 0.25) is 10.0 Å². The van der Waals surface area contributed by atoms with Crippen LogP contribution in [0.1, 0.15) is 16.0 Å². The average molecular weight is 375 g/mol. The van der Waals surface area contributed by atoms with E-state index in [0.29, 0.717) is 9.77 Å². The Morgan fingerprint density at radius 1 is 1.35 bits per heavy atom. The lowest BCUT2D eigenvalue weighted by molar-refractivity contribution is 0.580. The monoisotopic (exact) mass is 374 g/mol. The smallest absolute Gasteiger partial charge is 0.242 e. The van der Waals surface area contributed by atoms with Gasteiger partial charge >= 0.3 is 0 Å². The van der Waals surface area contributed by atoms with Crippen LogP contribution in [0, 0.1) is 6.92 Å². The van der Waals surface area contributed by atoms with Gasteiger partial charge in [-0.05, 0) is 29.5 Å². The van der Waals surface area contributed by atoms with Crippen LogP contribution in [0.3, 0.4) is 0 Å². The summed E-state index contributed by atoms with van der Waals surface area (Å²) in [4.78, 5) is 0.999. The molecule has 0 fully saturated rings. The van der Waals surface area contributed by atoms with Crippen LogP contribution >= 0.6 is 27.3 Å². The minimum absolute atomic E-state index is 0.226. The lowest BCUT2D eigenvalue weighted by Crippen LogP contribution is -2.25. The normalized spacial score (nSPS) is 11.8. The van der Waals surface area contributed by atoms with E-state index >= 15 is 0 Å². The van der Waals surface area contributed by atoms with Crippen molar-refractivity contribution in [2.24, 2.45) is 5.73 Å². The molecule has 1 heterocycles. The molecular formula is C13H15BrN2O2S2. The van der Waals surface area contributed by atoms with Gasteiger partial charge in [-0.2, -0.15) is 0 Å². The summed E-state index contributed by atoms with van der Waals surface area (Å²) < 4.78 is 28.3. The maximum absolute atomic E-state index is 12.4. The van der Waals surface area contributed by atoms with Crippen molar-refractivity contribution in [3.05, 3.63) is 50.1 Å². The lowest BCUT2D eigenvalue weighted by Gasteiger charge is -2.09. The minimum atomic E-state index is -3.55. The number of thiophene rings is 1. The number of aryl methyl sites for hydroxylation is 1. The first-order chi connectivity index (χ1) is 9.45. The molecule has 1 aromatic heterocycles. The van der Waals surface area contributed by atoms with Gasteiger partial charge in [-0.1, -0.05) is 34.1 Å². The zero-order chi connectivity index (χ0) is 14.8. The van der Waals surface area contributed by atoms with E-state index in [4.69, 9.17) is 5.73 Å². The maximum atomic E-state index is 12.4. The van der Waals surface area contributed by atoms with E-state index in [1.54, 1.807) is 6.92 Å². The van der Waals surface area contributed by atoms with Gasteiger partial charge in [-0.3, -0.25) is 0 Å². The molecule has 0 unspecified atom stereocenters. The molecule has 2 aromatic rings. The second-order valence-electron chi connectivity index (χ2n) is 4.29. The summed E-state index contributed by atoms with van der Waals surface area (Å²) in [5.74, 6) is 0. The molecule has 4 nitrogen and oxygen atoms in total. The first kappa shape index (κ1) is 15.7. The van der Waals surface area contributed by atoms with Crippen LogP contribution in [0.15, 0.2) is 39.0 Å². The Balaban J connectivity index is 2.24. The fourth-order valence-electron chi connectivity index (χ4n) is 1.88. The molecule has 0 radical (unpaired) electrons. The van der Waals surface area contributed by atoms with Crippen molar-refractivity contribution in [3.63, 3.8) is 0 Å². The largest absolute Gasteiger partial charge is 0.326 e. The molecule has 0 amide bonds. The van der Waals surface area contributed by atoms with E-state index in [1.165, 1.54) is 11.3 Å². The van der Waals surface area contributed by atoms with Gasteiger partial charge in [0.25, 0.3) is 0 Å². The number of nitrogens with two attached hydrogens (primary N) is 1. The highest BCUT2D eigenvalue weighted by Crippen LogP contribution is 2.26. The summed E-state index contributed by atoms with van der Waals surface area (Å²) in [6.07, 6.45) is 0. The van der Waals surface area contributed by atoms with E-state index in [1.807, 2.05) is 29.6 Å². The summed E-state index contributed by atoms with van der Waals surface area (Å²) in [7, 11) is -3.55. The zero-order valence-electron chi connectivity index (χ0n) is 10.9. The highest BCUT2D eigenvalue weighted by atomic mass is 79.9. The van der Waals surface area contributed by atoms with E-state index < -0.39 is 10.0 Å². The van der Waals surface area contributed by atoms with Crippen molar-refractivity contribution in [2.75, 3.05) is 0 Å². The molecule has 2 rings (SSSR count). The predicted octanol–water partition coefficient (Wildman–Crippen LogP) is 2.76.